The molecule has 2 N–H and O–H groups in total. The van der Waals surface area contributed by atoms with Gasteiger partial charge in [-0.3, -0.25) is 4.79 Å². The molecule has 0 radical (unpaired) electrons. The van der Waals surface area contributed by atoms with Gasteiger partial charge in [0.15, 0.2) is 5.96 Å². The average molecular weight is 410 g/mol. The summed E-state index contributed by atoms with van der Waals surface area (Å²) < 4.78 is 28.8. The number of pyridine rings is 1. The molecule has 0 aliphatic rings. The minimum atomic E-state index is -0.479. The Labute approximate surface area is 174 Å². The van der Waals surface area contributed by atoms with Crippen molar-refractivity contribution in [2.45, 2.75) is 26.6 Å². The van der Waals surface area contributed by atoms with Crippen molar-refractivity contribution >= 4 is 5.96 Å². The molecular weight excluding hydrogens is 386 g/mol. The SMILES string of the molecule is CCNC(=NCc1ccc(Cn2ccccc2=O)cc1)NCc1cc(F)ccc1F. The van der Waals surface area contributed by atoms with Gasteiger partial charge in [0, 0.05) is 30.9 Å². The summed E-state index contributed by atoms with van der Waals surface area (Å²) in [5, 5.41) is 6.11. The lowest BCUT2D eigenvalue weighted by Crippen LogP contribution is -2.37. The number of aliphatic imine (C=N–C) groups is 1. The summed E-state index contributed by atoms with van der Waals surface area (Å²) in [4.78, 5) is 16.3. The third kappa shape index (κ3) is 6.01. The molecule has 2 aromatic carbocycles. The van der Waals surface area contributed by atoms with Gasteiger partial charge in [-0.25, -0.2) is 13.8 Å². The summed E-state index contributed by atoms with van der Waals surface area (Å²) in [6.07, 6.45) is 1.76. The first-order valence-electron chi connectivity index (χ1n) is 9.74. The van der Waals surface area contributed by atoms with Crippen LogP contribution in [-0.4, -0.2) is 17.1 Å². The Morgan fingerprint density at radius 3 is 2.50 bits per heavy atom. The molecule has 0 aliphatic carbocycles. The standard InChI is InChI=1S/C23H24F2N4O/c1-2-26-23(28-15-19-13-20(24)10-11-21(19)25)27-14-17-6-8-18(9-7-17)16-29-12-4-3-5-22(29)30/h3-13H,2,14-16H2,1H3,(H2,26,27,28). The predicted molar refractivity (Wildman–Crippen MR) is 114 cm³/mol. The van der Waals surface area contributed by atoms with Gasteiger partial charge in [0.25, 0.3) is 5.56 Å². The Kier molecular flexibility index (Phi) is 7.32. The van der Waals surface area contributed by atoms with E-state index < -0.39 is 11.6 Å². The second kappa shape index (κ2) is 10.3. The molecule has 0 spiro atoms. The van der Waals surface area contributed by atoms with E-state index in [1.54, 1.807) is 16.8 Å². The zero-order chi connectivity index (χ0) is 21.3. The van der Waals surface area contributed by atoms with Crippen molar-refractivity contribution < 1.29 is 8.78 Å². The molecule has 0 saturated carbocycles. The molecule has 0 amide bonds. The molecule has 156 valence electrons. The molecule has 30 heavy (non-hydrogen) atoms. The van der Waals surface area contributed by atoms with Crippen molar-refractivity contribution in [2.75, 3.05) is 6.54 Å². The third-order valence-electron chi connectivity index (χ3n) is 4.49. The van der Waals surface area contributed by atoms with Crippen LogP contribution in [0.1, 0.15) is 23.6 Å². The fourth-order valence-electron chi connectivity index (χ4n) is 2.91. The maximum Gasteiger partial charge on any atom is 0.250 e. The number of benzene rings is 2. The lowest BCUT2D eigenvalue weighted by Gasteiger charge is -2.12. The summed E-state index contributed by atoms with van der Waals surface area (Å²) in [7, 11) is 0. The maximum absolute atomic E-state index is 13.8. The number of guanidine groups is 1. The van der Waals surface area contributed by atoms with E-state index >= 15 is 0 Å². The van der Waals surface area contributed by atoms with E-state index in [4.69, 9.17) is 0 Å². The normalized spacial score (nSPS) is 11.4. The van der Waals surface area contributed by atoms with Crippen LogP contribution in [-0.2, 0) is 19.6 Å². The maximum atomic E-state index is 13.8. The number of aromatic nitrogens is 1. The summed E-state index contributed by atoms with van der Waals surface area (Å²) >= 11 is 0. The number of nitrogens with zero attached hydrogens (tertiary/aromatic N) is 2. The van der Waals surface area contributed by atoms with E-state index in [-0.39, 0.29) is 17.7 Å². The second-order valence-corrected chi connectivity index (χ2v) is 6.77. The molecule has 7 heteroatoms. The van der Waals surface area contributed by atoms with E-state index in [1.165, 1.54) is 12.1 Å². The highest BCUT2D eigenvalue weighted by atomic mass is 19.1. The first kappa shape index (κ1) is 21.2. The minimum absolute atomic E-state index is 0.0396. The van der Waals surface area contributed by atoms with Crippen LogP contribution < -0.4 is 16.2 Å². The van der Waals surface area contributed by atoms with Gasteiger partial charge in [-0.2, -0.15) is 0 Å². The molecule has 1 aromatic heterocycles. The fraction of sp³-hybridized carbons (Fsp3) is 0.217. The lowest BCUT2D eigenvalue weighted by molar-refractivity contribution is 0.581. The van der Waals surface area contributed by atoms with Crippen LogP contribution in [0.2, 0.25) is 0 Å². The molecule has 0 saturated heterocycles. The topological polar surface area (TPSA) is 58.4 Å². The van der Waals surface area contributed by atoms with Gasteiger partial charge in [0.05, 0.1) is 13.1 Å². The summed E-state index contributed by atoms with van der Waals surface area (Å²) in [6.45, 7) is 3.63. The van der Waals surface area contributed by atoms with Crippen LogP contribution in [0.15, 0.2) is 76.6 Å². The van der Waals surface area contributed by atoms with E-state index in [0.29, 0.717) is 25.6 Å². The molecule has 0 bridgehead atoms. The van der Waals surface area contributed by atoms with Gasteiger partial charge in [-0.1, -0.05) is 30.3 Å². The third-order valence-corrected chi connectivity index (χ3v) is 4.49. The highest BCUT2D eigenvalue weighted by Crippen LogP contribution is 2.10. The van der Waals surface area contributed by atoms with Crippen LogP contribution in [0.5, 0.6) is 0 Å². The molecule has 0 unspecified atom stereocenters. The van der Waals surface area contributed by atoms with E-state index in [9.17, 15) is 13.6 Å². The number of rotatable bonds is 7. The molecule has 3 rings (SSSR count). The number of hydrogen-bond acceptors (Lipinski definition) is 2. The highest BCUT2D eigenvalue weighted by Gasteiger charge is 2.05. The van der Waals surface area contributed by atoms with E-state index in [2.05, 4.69) is 15.6 Å². The van der Waals surface area contributed by atoms with Crippen LogP contribution in [0.25, 0.3) is 0 Å². The largest absolute Gasteiger partial charge is 0.357 e. The van der Waals surface area contributed by atoms with Crippen molar-refractivity contribution in [3.05, 3.63) is 106 Å². The van der Waals surface area contributed by atoms with Gasteiger partial charge < -0.3 is 15.2 Å². The van der Waals surface area contributed by atoms with Crippen LogP contribution in [0.3, 0.4) is 0 Å². The monoisotopic (exact) mass is 410 g/mol. The molecule has 0 fully saturated rings. The van der Waals surface area contributed by atoms with Crippen LogP contribution in [0.4, 0.5) is 8.78 Å². The van der Waals surface area contributed by atoms with Crippen molar-refractivity contribution in [3.63, 3.8) is 0 Å². The number of nitrogens with one attached hydrogen (secondary N) is 2. The smallest absolute Gasteiger partial charge is 0.250 e. The van der Waals surface area contributed by atoms with Crippen molar-refractivity contribution in [3.8, 4) is 0 Å². The fourth-order valence-corrected chi connectivity index (χ4v) is 2.91. The highest BCUT2D eigenvalue weighted by molar-refractivity contribution is 5.79. The summed E-state index contributed by atoms with van der Waals surface area (Å²) in [6, 6.07) is 16.3. The summed E-state index contributed by atoms with van der Waals surface area (Å²) in [5.74, 6) is -0.429. The molecular formula is C23H24F2N4O. The van der Waals surface area contributed by atoms with E-state index in [0.717, 1.165) is 23.3 Å². The zero-order valence-corrected chi connectivity index (χ0v) is 16.7. The van der Waals surface area contributed by atoms with Crippen molar-refractivity contribution in [1.82, 2.24) is 15.2 Å². The van der Waals surface area contributed by atoms with E-state index in [1.807, 2.05) is 37.3 Å². The lowest BCUT2D eigenvalue weighted by atomic mass is 10.1. The molecule has 0 atom stereocenters. The van der Waals surface area contributed by atoms with Gasteiger partial charge in [-0.15, -0.1) is 0 Å². The zero-order valence-electron chi connectivity index (χ0n) is 16.7. The predicted octanol–water partition coefficient (Wildman–Crippen LogP) is 3.43. The average Bonchev–Trinajstić information content (AvgIpc) is 2.75. The second-order valence-electron chi connectivity index (χ2n) is 6.77. The number of halogens is 2. The Bertz CT molecular complexity index is 1060. The van der Waals surface area contributed by atoms with Crippen LogP contribution >= 0.6 is 0 Å². The van der Waals surface area contributed by atoms with Crippen molar-refractivity contribution in [1.29, 1.82) is 0 Å². The van der Waals surface area contributed by atoms with Gasteiger partial charge in [0.2, 0.25) is 0 Å². The van der Waals surface area contributed by atoms with Crippen molar-refractivity contribution in [2.24, 2.45) is 4.99 Å². The first-order chi connectivity index (χ1) is 14.5. The molecule has 3 aromatic rings. The van der Waals surface area contributed by atoms with Gasteiger partial charge in [-0.05, 0) is 42.3 Å². The minimum Gasteiger partial charge on any atom is -0.357 e. The molecule has 5 nitrogen and oxygen atoms in total. The molecule has 1 heterocycles. The first-order valence-corrected chi connectivity index (χ1v) is 9.74. The molecule has 0 aliphatic heterocycles. The summed E-state index contributed by atoms with van der Waals surface area (Å²) in [5.41, 5.74) is 2.21. The quantitative estimate of drug-likeness (QED) is 0.464. The van der Waals surface area contributed by atoms with Gasteiger partial charge in [0.1, 0.15) is 11.6 Å². The Morgan fingerprint density at radius 1 is 1.00 bits per heavy atom. The number of hydrogen-bond donors (Lipinski definition) is 2. The van der Waals surface area contributed by atoms with Gasteiger partial charge >= 0.3 is 0 Å². The van der Waals surface area contributed by atoms with Crippen LogP contribution in [0, 0.1) is 11.6 Å². The Morgan fingerprint density at radius 2 is 1.77 bits per heavy atom. The Balaban J connectivity index is 1.62. The Hall–Kier alpha value is -3.48.